The molecule has 1 amide bonds. The van der Waals surface area contributed by atoms with E-state index in [1.165, 1.54) is 34.1 Å². The first-order valence-corrected chi connectivity index (χ1v) is 11.8. The van der Waals surface area contributed by atoms with E-state index in [1.807, 2.05) is 12.1 Å². The molecule has 32 heavy (non-hydrogen) atoms. The molecule has 1 N–H and O–H groups in total. The summed E-state index contributed by atoms with van der Waals surface area (Å²) in [5, 5.41) is 10.4. The van der Waals surface area contributed by atoms with Gasteiger partial charge in [0.25, 0.3) is 5.91 Å². The number of nitrogens with one attached hydrogen (secondary N) is 1. The second kappa shape index (κ2) is 9.60. The Labute approximate surface area is 186 Å². The Hall–Kier alpha value is -3.08. The fraction of sp³-hybridized carbons (Fsp3) is 0.318. The van der Waals surface area contributed by atoms with E-state index in [1.54, 1.807) is 0 Å². The van der Waals surface area contributed by atoms with E-state index in [9.17, 15) is 13.2 Å². The largest absolute Gasteiger partial charge is 0.407 e. The predicted octanol–water partition coefficient (Wildman–Crippen LogP) is 2.50. The molecule has 0 bridgehead atoms. The second-order valence-electron chi connectivity index (χ2n) is 7.34. The Bertz CT molecular complexity index is 1170. The zero-order valence-electron chi connectivity index (χ0n) is 17.7. The number of carbonyl (C=O) groups is 1. The molecule has 4 rings (SSSR count). The van der Waals surface area contributed by atoms with Gasteiger partial charge in [-0.2, -0.15) is 4.31 Å². The quantitative estimate of drug-likeness (QED) is 0.581. The lowest BCUT2D eigenvalue weighted by Gasteiger charge is -2.26. The number of sulfonamides is 1. The number of hydrogen-bond acceptors (Lipinski definition) is 7. The van der Waals surface area contributed by atoms with Gasteiger partial charge in [0, 0.05) is 18.7 Å². The average Bonchev–Trinajstić information content (AvgIpc) is 3.26. The number of amides is 1. The predicted molar refractivity (Wildman–Crippen MR) is 117 cm³/mol. The van der Waals surface area contributed by atoms with Gasteiger partial charge in [-0.3, -0.25) is 10.1 Å². The Morgan fingerprint density at radius 2 is 1.66 bits per heavy atom. The molecule has 0 radical (unpaired) electrons. The van der Waals surface area contributed by atoms with Crippen LogP contribution in [0.25, 0.3) is 0 Å². The van der Waals surface area contributed by atoms with Gasteiger partial charge in [-0.25, -0.2) is 8.42 Å². The average molecular weight is 457 g/mol. The van der Waals surface area contributed by atoms with Gasteiger partial charge in [-0.05, 0) is 41.8 Å². The molecular weight excluding hydrogens is 432 g/mol. The molecule has 0 atom stereocenters. The number of benzene rings is 2. The van der Waals surface area contributed by atoms with Crippen molar-refractivity contribution in [3.05, 3.63) is 71.1 Å². The third-order valence-corrected chi connectivity index (χ3v) is 7.11. The summed E-state index contributed by atoms with van der Waals surface area (Å²) < 4.78 is 37.5. The Kier molecular flexibility index (Phi) is 6.63. The minimum Gasteiger partial charge on any atom is -0.407 e. The normalized spacial score (nSPS) is 14.9. The van der Waals surface area contributed by atoms with Gasteiger partial charge < -0.3 is 9.15 Å². The van der Waals surface area contributed by atoms with Crippen LogP contribution in [0.5, 0.6) is 0 Å². The molecule has 10 heteroatoms. The Morgan fingerprint density at radius 1 is 1.00 bits per heavy atom. The highest BCUT2D eigenvalue weighted by molar-refractivity contribution is 7.89. The number of morpholine rings is 1. The summed E-state index contributed by atoms with van der Waals surface area (Å²) in [5.41, 5.74) is 2.55. The number of ether oxygens (including phenoxy) is 1. The molecule has 1 aliphatic heterocycles. The number of nitrogens with zero attached hydrogens (tertiary/aromatic N) is 3. The van der Waals surface area contributed by atoms with E-state index >= 15 is 0 Å². The molecule has 0 unspecified atom stereocenters. The van der Waals surface area contributed by atoms with Crippen molar-refractivity contribution < 1.29 is 22.4 Å². The molecule has 2 heterocycles. The minimum absolute atomic E-state index is 0.0137. The van der Waals surface area contributed by atoms with Gasteiger partial charge in [0.2, 0.25) is 15.9 Å². The van der Waals surface area contributed by atoms with Gasteiger partial charge in [0.05, 0.1) is 24.5 Å². The first-order chi connectivity index (χ1) is 15.5. The second-order valence-corrected chi connectivity index (χ2v) is 9.28. The van der Waals surface area contributed by atoms with Crippen molar-refractivity contribution in [1.29, 1.82) is 0 Å². The van der Waals surface area contributed by atoms with Crippen LogP contribution >= 0.6 is 0 Å². The topological polar surface area (TPSA) is 115 Å². The number of hydrogen-bond donors (Lipinski definition) is 1. The first kappa shape index (κ1) is 22.1. The van der Waals surface area contributed by atoms with Crippen molar-refractivity contribution >= 4 is 21.9 Å². The molecule has 1 saturated heterocycles. The van der Waals surface area contributed by atoms with Crippen LogP contribution in [0, 0.1) is 0 Å². The first-order valence-electron chi connectivity index (χ1n) is 10.3. The molecule has 0 aliphatic carbocycles. The fourth-order valence-electron chi connectivity index (χ4n) is 3.33. The SMILES string of the molecule is CCc1ccc(Cc2nnc(NC(=O)c3ccc(S(=O)(=O)N4CCOCC4)cc3)o2)cc1. The van der Waals surface area contributed by atoms with Crippen LogP contribution in [0.2, 0.25) is 0 Å². The zero-order valence-corrected chi connectivity index (χ0v) is 18.5. The van der Waals surface area contributed by atoms with Crippen molar-refractivity contribution in [2.24, 2.45) is 0 Å². The van der Waals surface area contributed by atoms with E-state index in [2.05, 4.69) is 34.6 Å². The lowest BCUT2D eigenvalue weighted by molar-refractivity contribution is 0.0730. The van der Waals surface area contributed by atoms with Crippen molar-refractivity contribution in [1.82, 2.24) is 14.5 Å². The molecular formula is C22H24N4O5S. The molecule has 2 aromatic carbocycles. The fourth-order valence-corrected chi connectivity index (χ4v) is 4.73. The van der Waals surface area contributed by atoms with Crippen molar-refractivity contribution in [2.45, 2.75) is 24.7 Å². The van der Waals surface area contributed by atoms with Gasteiger partial charge in [0.15, 0.2) is 0 Å². The van der Waals surface area contributed by atoms with Crippen LogP contribution in [0.15, 0.2) is 57.8 Å². The molecule has 0 spiro atoms. The number of aromatic nitrogens is 2. The van der Waals surface area contributed by atoms with Gasteiger partial charge >= 0.3 is 6.01 Å². The van der Waals surface area contributed by atoms with E-state index in [-0.39, 0.29) is 16.5 Å². The minimum atomic E-state index is -3.61. The third kappa shape index (κ3) is 5.04. The van der Waals surface area contributed by atoms with Crippen LogP contribution in [0.3, 0.4) is 0 Å². The van der Waals surface area contributed by atoms with Crippen molar-refractivity contribution in [3.8, 4) is 0 Å². The van der Waals surface area contributed by atoms with Crippen LogP contribution in [0.1, 0.15) is 34.3 Å². The summed E-state index contributed by atoms with van der Waals surface area (Å²) in [7, 11) is -3.61. The summed E-state index contributed by atoms with van der Waals surface area (Å²) in [6.07, 6.45) is 1.43. The maximum Gasteiger partial charge on any atom is 0.322 e. The maximum atomic E-state index is 12.7. The highest BCUT2D eigenvalue weighted by Gasteiger charge is 2.26. The van der Waals surface area contributed by atoms with Crippen LogP contribution < -0.4 is 5.32 Å². The zero-order chi connectivity index (χ0) is 22.6. The van der Waals surface area contributed by atoms with E-state index in [0.29, 0.717) is 38.6 Å². The van der Waals surface area contributed by atoms with Crippen molar-refractivity contribution in [2.75, 3.05) is 31.6 Å². The van der Waals surface area contributed by atoms with E-state index < -0.39 is 15.9 Å². The molecule has 1 aliphatic rings. The number of carbonyl (C=O) groups excluding carboxylic acids is 1. The molecule has 168 valence electrons. The van der Waals surface area contributed by atoms with Crippen LogP contribution in [-0.2, 0) is 27.6 Å². The molecule has 1 fully saturated rings. The Balaban J connectivity index is 1.38. The highest BCUT2D eigenvalue weighted by Crippen LogP contribution is 2.19. The van der Waals surface area contributed by atoms with Gasteiger partial charge in [-0.15, -0.1) is 5.10 Å². The summed E-state index contributed by atoms with van der Waals surface area (Å²) in [6, 6.07) is 13.8. The summed E-state index contributed by atoms with van der Waals surface area (Å²) in [5.74, 6) is -0.0840. The highest BCUT2D eigenvalue weighted by atomic mass is 32.2. The summed E-state index contributed by atoms with van der Waals surface area (Å²) in [4.78, 5) is 12.6. The lowest BCUT2D eigenvalue weighted by Crippen LogP contribution is -2.40. The van der Waals surface area contributed by atoms with Crippen LogP contribution in [0.4, 0.5) is 6.01 Å². The third-order valence-electron chi connectivity index (χ3n) is 5.20. The number of rotatable bonds is 7. The Morgan fingerprint density at radius 3 is 2.31 bits per heavy atom. The number of aryl methyl sites for hydroxylation is 1. The van der Waals surface area contributed by atoms with E-state index in [0.717, 1.165) is 12.0 Å². The lowest BCUT2D eigenvalue weighted by atomic mass is 10.1. The monoisotopic (exact) mass is 456 g/mol. The summed E-state index contributed by atoms with van der Waals surface area (Å²) >= 11 is 0. The van der Waals surface area contributed by atoms with Crippen molar-refractivity contribution in [3.63, 3.8) is 0 Å². The van der Waals surface area contributed by atoms with E-state index in [4.69, 9.17) is 9.15 Å². The summed E-state index contributed by atoms with van der Waals surface area (Å²) in [6.45, 7) is 3.46. The van der Waals surface area contributed by atoms with Gasteiger partial charge in [0.1, 0.15) is 0 Å². The maximum absolute atomic E-state index is 12.7. The number of anilines is 1. The van der Waals surface area contributed by atoms with Gasteiger partial charge in [-0.1, -0.05) is 36.3 Å². The van der Waals surface area contributed by atoms with Crippen LogP contribution in [-0.4, -0.2) is 55.1 Å². The molecule has 0 saturated carbocycles. The smallest absolute Gasteiger partial charge is 0.322 e. The molecule has 9 nitrogen and oxygen atoms in total. The standard InChI is InChI=1S/C22H24N4O5S/c1-2-16-3-5-17(6-4-16)15-20-24-25-22(31-20)23-21(27)18-7-9-19(10-8-18)32(28,29)26-11-13-30-14-12-26/h3-10H,2,11-15H2,1H3,(H,23,25,27). The molecule has 1 aromatic heterocycles. The molecule has 3 aromatic rings.